The SMILES string of the molecule is Cc1cc(C)cc(CN2CCNC(=O)C2CC(=O)O)c1. The third-order valence-electron chi connectivity index (χ3n) is 3.48. The predicted molar refractivity (Wildman–Crippen MR) is 75.4 cm³/mol. The van der Waals surface area contributed by atoms with Gasteiger partial charge in [-0.25, -0.2) is 0 Å². The van der Waals surface area contributed by atoms with Gasteiger partial charge in [-0.05, 0) is 19.4 Å². The number of amides is 1. The summed E-state index contributed by atoms with van der Waals surface area (Å²) in [5.41, 5.74) is 3.47. The molecule has 0 aliphatic carbocycles. The van der Waals surface area contributed by atoms with Gasteiger partial charge in [0, 0.05) is 19.6 Å². The molecular weight excluding hydrogens is 256 g/mol. The Kier molecular flexibility index (Phi) is 4.39. The van der Waals surface area contributed by atoms with E-state index < -0.39 is 12.0 Å². The first-order valence-corrected chi connectivity index (χ1v) is 6.76. The average Bonchev–Trinajstić information content (AvgIpc) is 2.32. The summed E-state index contributed by atoms with van der Waals surface area (Å²) < 4.78 is 0. The number of rotatable bonds is 4. The van der Waals surface area contributed by atoms with Crippen LogP contribution in [0.3, 0.4) is 0 Å². The zero-order valence-corrected chi connectivity index (χ0v) is 11.8. The number of nitrogens with one attached hydrogen (secondary N) is 1. The van der Waals surface area contributed by atoms with Crippen LogP contribution in [-0.4, -0.2) is 41.0 Å². The van der Waals surface area contributed by atoms with Crippen molar-refractivity contribution in [3.8, 4) is 0 Å². The lowest BCUT2D eigenvalue weighted by atomic mass is 10.0. The first kappa shape index (κ1) is 14.5. The van der Waals surface area contributed by atoms with Crippen molar-refractivity contribution in [2.45, 2.75) is 32.9 Å². The third kappa shape index (κ3) is 3.57. The highest BCUT2D eigenvalue weighted by molar-refractivity contribution is 5.86. The topological polar surface area (TPSA) is 69.6 Å². The Balaban J connectivity index is 2.16. The molecule has 2 N–H and O–H groups in total. The number of aliphatic carboxylic acids is 1. The van der Waals surface area contributed by atoms with Crippen LogP contribution in [0.15, 0.2) is 18.2 Å². The van der Waals surface area contributed by atoms with E-state index in [-0.39, 0.29) is 12.3 Å². The van der Waals surface area contributed by atoms with Gasteiger partial charge in [0.2, 0.25) is 5.91 Å². The van der Waals surface area contributed by atoms with E-state index in [4.69, 9.17) is 5.11 Å². The number of hydrogen-bond acceptors (Lipinski definition) is 3. The number of carbonyl (C=O) groups is 2. The van der Waals surface area contributed by atoms with Crippen molar-refractivity contribution in [2.75, 3.05) is 13.1 Å². The molecule has 1 amide bonds. The van der Waals surface area contributed by atoms with Gasteiger partial charge in [0.25, 0.3) is 0 Å². The highest BCUT2D eigenvalue weighted by atomic mass is 16.4. The molecule has 0 saturated carbocycles. The van der Waals surface area contributed by atoms with E-state index >= 15 is 0 Å². The molecule has 0 radical (unpaired) electrons. The minimum Gasteiger partial charge on any atom is -0.481 e. The van der Waals surface area contributed by atoms with Crippen LogP contribution in [0.5, 0.6) is 0 Å². The monoisotopic (exact) mass is 276 g/mol. The summed E-state index contributed by atoms with van der Waals surface area (Å²) in [6.07, 6.45) is -0.156. The number of nitrogens with zero attached hydrogens (tertiary/aromatic N) is 1. The molecule has 1 saturated heterocycles. The Morgan fingerprint density at radius 1 is 1.35 bits per heavy atom. The summed E-state index contributed by atoms with van der Waals surface area (Å²) in [5, 5.41) is 11.7. The predicted octanol–water partition coefficient (Wildman–Crippen LogP) is 1.08. The minimum atomic E-state index is -0.947. The molecule has 5 nitrogen and oxygen atoms in total. The van der Waals surface area contributed by atoms with Crippen molar-refractivity contribution < 1.29 is 14.7 Å². The van der Waals surface area contributed by atoms with Crippen molar-refractivity contribution in [3.63, 3.8) is 0 Å². The lowest BCUT2D eigenvalue weighted by Crippen LogP contribution is -2.55. The van der Waals surface area contributed by atoms with Crippen LogP contribution < -0.4 is 5.32 Å². The molecule has 108 valence electrons. The molecule has 2 rings (SSSR count). The van der Waals surface area contributed by atoms with E-state index in [1.54, 1.807) is 0 Å². The van der Waals surface area contributed by atoms with Crippen LogP contribution in [0.1, 0.15) is 23.1 Å². The smallest absolute Gasteiger partial charge is 0.305 e. The number of hydrogen-bond donors (Lipinski definition) is 2. The molecule has 1 aromatic rings. The zero-order valence-electron chi connectivity index (χ0n) is 11.8. The van der Waals surface area contributed by atoms with Crippen molar-refractivity contribution in [1.82, 2.24) is 10.2 Å². The summed E-state index contributed by atoms with van der Waals surface area (Å²) in [5.74, 6) is -1.14. The molecule has 0 spiro atoms. The second-order valence-corrected chi connectivity index (χ2v) is 5.37. The first-order chi connectivity index (χ1) is 9.45. The summed E-state index contributed by atoms with van der Waals surface area (Å²) in [6.45, 7) is 5.92. The molecule has 1 atom stereocenters. The number of aryl methyl sites for hydroxylation is 2. The van der Waals surface area contributed by atoms with Gasteiger partial charge >= 0.3 is 5.97 Å². The highest BCUT2D eigenvalue weighted by Crippen LogP contribution is 2.16. The van der Waals surface area contributed by atoms with E-state index in [2.05, 4.69) is 23.5 Å². The van der Waals surface area contributed by atoms with Crippen molar-refractivity contribution in [1.29, 1.82) is 0 Å². The molecule has 1 heterocycles. The van der Waals surface area contributed by atoms with Crippen LogP contribution in [-0.2, 0) is 16.1 Å². The third-order valence-corrected chi connectivity index (χ3v) is 3.48. The molecule has 0 bridgehead atoms. The summed E-state index contributed by atoms with van der Waals surface area (Å²) in [6, 6.07) is 5.68. The van der Waals surface area contributed by atoms with Gasteiger partial charge < -0.3 is 10.4 Å². The van der Waals surface area contributed by atoms with Crippen molar-refractivity contribution >= 4 is 11.9 Å². The zero-order chi connectivity index (χ0) is 14.7. The van der Waals surface area contributed by atoms with Crippen LogP contribution in [0, 0.1) is 13.8 Å². The van der Waals surface area contributed by atoms with Gasteiger partial charge in [0.05, 0.1) is 6.42 Å². The summed E-state index contributed by atoms with van der Waals surface area (Å²) in [7, 11) is 0. The normalized spacial score (nSPS) is 19.7. The molecule has 0 aromatic heterocycles. The molecular formula is C15H20N2O3. The maximum Gasteiger partial charge on any atom is 0.305 e. The fourth-order valence-corrected chi connectivity index (χ4v) is 2.73. The molecule has 1 fully saturated rings. The van der Waals surface area contributed by atoms with E-state index in [0.29, 0.717) is 19.6 Å². The van der Waals surface area contributed by atoms with Gasteiger partial charge in [-0.15, -0.1) is 0 Å². The van der Waals surface area contributed by atoms with Gasteiger partial charge in [0.15, 0.2) is 0 Å². The fourth-order valence-electron chi connectivity index (χ4n) is 2.73. The van der Waals surface area contributed by atoms with Gasteiger partial charge in [-0.2, -0.15) is 0 Å². The quantitative estimate of drug-likeness (QED) is 0.863. The van der Waals surface area contributed by atoms with Crippen molar-refractivity contribution in [2.24, 2.45) is 0 Å². The molecule has 1 aromatic carbocycles. The van der Waals surface area contributed by atoms with Gasteiger partial charge in [0.1, 0.15) is 6.04 Å². The van der Waals surface area contributed by atoms with Crippen LogP contribution in [0.2, 0.25) is 0 Å². The van der Waals surface area contributed by atoms with Crippen LogP contribution in [0.25, 0.3) is 0 Å². The fraction of sp³-hybridized carbons (Fsp3) is 0.467. The van der Waals surface area contributed by atoms with E-state index in [1.807, 2.05) is 18.7 Å². The van der Waals surface area contributed by atoms with E-state index in [0.717, 1.165) is 5.56 Å². The number of carboxylic acids is 1. The Labute approximate surface area is 118 Å². The number of carboxylic acid groups (broad SMARTS) is 1. The Hall–Kier alpha value is -1.88. The molecule has 1 unspecified atom stereocenters. The van der Waals surface area contributed by atoms with Gasteiger partial charge in [-0.1, -0.05) is 29.3 Å². The van der Waals surface area contributed by atoms with E-state index in [1.165, 1.54) is 11.1 Å². The lowest BCUT2D eigenvalue weighted by Gasteiger charge is -2.34. The molecule has 1 aliphatic rings. The van der Waals surface area contributed by atoms with Crippen LogP contribution in [0.4, 0.5) is 0 Å². The number of carbonyl (C=O) groups excluding carboxylic acids is 1. The lowest BCUT2D eigenvalue weighted by molar-refractivity contribution is -0.143. The average molecular weight is 276 g/mol. The number of piperazine rings is 1. The standard InChI is InChI=1S/C15H20N2O3/c1-10-5-11(2)7-12(6-10)9-17-4-3-16-15(20)13(17)8-14(18)19/h5-7,13H,3-4,8-9H2,1-2H3,(H,16,20)(H,18,19). The maximum absolute atomic E-state index is 11.8. The Morgan fingerprint density at radius 2 is 2.00 bits per heavy atom. The Bertz CT molecular complexity index is 508. The van der Waals surface area contributed by atoms with Crippen molar-refractivity contribution in [3.05, 3.63) is 34.9 Å². The molecule has 1 aliphatic heterocycles. The minimum absolute atomic E-state index is 0.156. The second-order valence-electron chi connectivity index (χ2n) is 5.37. The highest BCUT2D eigenvalue weighted by Gasteiger charge is 2.31. The first-order valence-electron chi connectivity index (χ1n) is 6.76. The number of benzene rings is 1. The Morgan fingerprint density at radius 3 is 2.60 bits per heavy atom. The molecule has 20 heavy (non-hydrogen) atoms. The second kappa shape index (κ2) is 6.05. The van der Waals surface area contributed by atoms with Crippen LogP contribution >= 0.6 is 0 Å². The largest absolute Gasteiger partial charge is 0.481 e. The molecule has 5 heteroatoms. The maximum atomic E-state index is 11.8. The summed E-state index contributed by atoms with van der Waals surface area (Å²) >= 11 is 0. The van der Waals surface area contributed by atoms with E-state index in [9.17, 15) is 9.59 Å². The van der Waals surface area contributed by atoms with Gasteiger partial charge in [-0.3, -0.25) is 14.5 Å². The summed E-state index contributed by atoms with van der Waals surface area (Å²) in [4.78, 5) is 24.7.